The van der Waals surface area contributed by atoms with E-state index in [1.54, 1.807) is 4.90 Å². The van der Waals surface area contributed by atoms with Crippen molar-refractivity contribution in [3.8, 4) is 0 Å². The number of hydrogen-bond acceptors (Lipinski definition) is 6. The third-order valence-corrected chi connectivity index (χ3v) is 4.52. The highest BCUT2D eigenvalue weighted by Gasteiger charge is 2.50. The standard InChI is InChI=1S/C15H21N3O4S/c1-14(2,3)22-13(20)18-5-9-10(15(6-18)7-21-8-15)11(19)17-12(16-9)23-4/h5-8H2,1-4H3,(H,16,17,19). The number of carbonyl (C=O) groups is 1. The summed E-state index contributed by atoms with van der Waals surface area (Å²) in [6.45, 7) is 7.03. The highest BCUT2D eigenvalue weighted by atomic mass is 32.2. The third kappa shape index (κ3) is 2.97. The van der Waals surface area contributed by atoms with Crippen LogP contribution in [-0.4, -0.2) is 52.6 Å². The van der Waals surface area contributed by atoms with Crippen LogP contribution in [-0.2, 0) is 21.4 Å². The van der Waals surface area contributed by atoms with E-state index in [1.807, 2.05) is 27.0 Å². The van der Waals surface area contributed by atoms with Crippen molar-refractivity contribution in [2.75, 3.05) is 26.0 Å². The first-order valence-corrected chi connectivity index (χ1v) is 8.70. The summed E-state index contributed by atoms with van der Waals surface area (Å²) in [5.41, 5.74) is 0.126. The minimum absolute atomic E-state index is 0.133. The molecule has 3 heterocycles. The van der Waals surface area contributed by atoms with Crippen LogP contribution in [0.1, 0.15) is 32.0 Å². The lowest BCUT2D eigenvalue weighted by atomic mass is 9.75. The highest BCUT2D eigenvalue weighted by molar-refractivity contribution is 7.98. The van der Waals surface area contributed by atoms with E-state index in [1.165, 1.54) is 11.8 Å². The largest absolute Gasteiger partial charge is 0.444 e. The van der Waals surface area contributed by atoms with Gasteiger partial charge in [-0.3, -0.25) is 4.79 Å². The van der Waals surface area contributed by atoms with E-state index in [2.05, 4.69) is 9.97 Å². The average Bonchev–Trinajstić information content (AvgIpc) is 2.42. The number of hydrogen-bond donors (Lipinski definition) is 1. The number of amides is 1. The Balaban J connectivity index is 1.97. The van der Waals surface area contributed by atoms with E-state index >= 15 is 0 Å². The van der Waals surface area contributed by atoms with Crippen LogP contribution in [0, 0.1) is 0 Å². The van der Waals surface area contributed by atoms with E-state index in [0.29, 0.717) is 36.2 Å². The van der Waals surface area contributed by atoms with E-state index in [9.17, 15) is 9.59 Å². The van der Waals surface area contributed by atoms with Gasteiger partial charge in [0.1, 0.15) is 5.60 Å². The van der Waals surface area contributed by atoms with Crippen LogP contribution < -0.4 is 5.56 Å². The van der Waals surface area contributed by atoms with Gasteiger partial charge in [-0.2, -0.15) is 0 Å². The van der Waals surface area contributed by atoms with Gasteiger partial charge in [0.05, 0.1) is 36.4 Å². The van der Waals surface area contributed by atoms with Crippen molar-refractivity contribution in [1.29, 1.82) is 0 Å². The lowest BCUT2D eigenvalue weighted by Crippen LogP contribution is -2.61. The molecule has 8 heteroatoms. The second-order valence-corrected chi connectivity index (χ2v) is 7.80. The van der Waals surface area contributed by atoms with E-state index in [4.69, 9.17) is 9.47 Å². The van der Waals surface area contributed by atoms with Crippen LogP contribution in [0.2, 0.25) is 0 Å². The van der Waals surface area contributed by atoms with Crippen molar-refractivity contribution in [2.24, 2.45) is 0 Å². The van der Waals surface area contributed by atoms with Gasteiger partial charge in [-0.05, 0) is 27.0 Å². The summed E-state index contributed by atoms with van der Waals surface area (Å²) in [5.74, 6) is 0. The van der Waals surface area contributed by atoms with Gasteiger partial charge in [0.2, 0.25) is 0 Å². The molecule has 0 radical (unpaired) electrons. The average molecular weight is 339 g/mol. The Morgan fingerprint density at radius 1 is 1.43 bits per heavy atom. The molecule has 23 heavy (non-hydrogen) atoms. The molecular weight excluding hydrogens is 318 g/mol. The predicted molar refractivity (Wildman–Crippen MR) is 85.8 cm³/mol. The molecule has 1 fully saturated rings. The lowest BCUT2D eigenvalue weighted by Gasteiger charge is -2.47. The molecule has 0 aromatic carbocycles. The Morgan fingerprint density at radius 2 is 2.13 bits per heavy atom. The van der Waals surface area contributed by atoms with Gasteiger partial charge in [-0.15, -0.1) is 0 Å². The highest BCUT2D eigenvalue weighted by Crippen LogP contribution is 2.37. The lowest BCUT2D eigenvalue weighted by molar-refractivity contribution is -0.0846. The second-order valence-electron chi connectivity index (χ2n) is 7.01. The van der Waals surface area contributed by atoms with Crippen molar-refractivity contribution in [1.82, 2.24) is 14.9 Å². The van der Waals surface area contributed by atoms with Crippen LogP contribution in [0.4, 0.5) is 4.79 Å². The van der Waals surface area contributed by atoms with Crippen LogP contribution in [0.15, 0.2) is 9.95 Å². The van der Waals surface area contributed by atoms with Crippen molar-refractivity contribution >= 4 is 17.9 Å². The number of carbonyl (C=O) groups excluding carboxylic acids is 1. The topological polar surface area (TPSA) is 84.5 Å². The van der Waals surface area contributed by atoms with Crippen molar-refractivity contribution in [3.63, 3.8) is 0 Å². The molecule has 1 amide bonds. The molecule has 126 valence electrons. The SMILES string of the molecule is CSc1nc2c(c(=O)[nH]1)C1(COC1)CN(C(=O)OC(C)(C)C)C2. The minimum atomic E-state index is -0.563. The van der Waals surface area contributed by atoms with Crippen LogP contribution in [0.25, 0.3) is 0 Å². The minimum Gasteiger partial charge on any atom is -0.444 e. The molecule has 0 atom stereocenters. The van der Waals surface area contributed by atoms with Gasteiger partial charge in [-0.25, -0.2) is 9.78 Å². The van der Waals surface area contributed by atoms with Gasteiger partial charge >= 0.3 is 6.09 Å². The molecule has 0 bridgehead atoms. The summed E-state index contributed by atoms with van der Waals surface area (Å²) in [6, 6.07) is 0. The van der Waals surface area contributed by atoms with E-state index in [-0.39, 0.29) is 18.2 Å². The van der Waals surface area contributed by atoms with Crippen molar-refractivity contribution < 1.29 is 14.3 Å². The first-order chi connectivity index (χ1) is 10.7. The van der Waals surface area contributed by atoms with Gasteiger partial charge < -0.3 is 19.4 Å². The normalized spacial score (nSPS) is 19.2. The Hall–Kier alpha value is -1.54. The first-order valence-electron chi connectivity index (χ1n) is 7.47. The molecule has 1 saturated heterocycles. The number of H-pyrrole nitrogens is 1. The third-order valence-electron chi connectivity index (χ3n) is 3.94. The number of ether oxygens (including phenoxy) is 2. The summed E-state index contributed by atoms with van der Waals surface area (Å²) in [5, 5.41) is 0.551. The van der Waals surface area contributed by atoms with Crippen LogP contribution in [0.5, 0.6) is 0 Å². The molecule has 0 saturated carbocycles. The maximum absolute atomic E-state index is 12.5. The maximum atomic E-state index is 12.5. The van der Waals surface area contributed by atoms with Gasteiger partial charge in [0.15, 0.2) is 5.16 Å². The number of aromatic nitrogens is 2. The monoisotopic (exact) mass is 339 g/mol. The Bertz CT molecular complexity index is 691. The summed E-state index contributed by atoms with van der Waals surface area (Å²) < 4.78 is 10.8. The summed E-state index contributed by atoms with van der Waals surface area (Å²) in [6.07, 6.45) is 1.46. The van der Waals surface area contributed by atoms with Gasteiger partial charge in [0, 0.05) is 6.54 Å². The Labute approximate surface area is 138 Å². The number of thioether (sulfide) groups is 1. The molecule has 2 aliphatic heterocycles. The first kappa shape index (κ1) is 16.3. The molecule has 1 N–H and O–H groups in total. The fourth-order valence-corrected chi connectivity index (χ4v) is 3.37. The van der Waals surface area contributed by atoms with Crippen LogP contribution in [0.3, 0.4) is 0 Å². The number of rotatable bonds is 1. The zero-order chi connectivity index (χ0) is 16.8. The number of nitrogens with zero attached hydrogens (tertiary/aromatic N) is 2. The number of aromatic amines is 1. The zero-order valence-corrected chi connectivity index (χ0v) is 14.6. The Morgan fingerprint density at radius 3 is 2.65 bits per heavy atom. The molecule has 1 aromatic heterocycles. The molecule has 2 aliphatic rings. The molecule has 0 aliphatic carbocycles. The zero-order valence-electron chi connectivity index (χ0n) is 13.8. The quantitative estimate of drug-likeness (QED) is 0.617. The molecular formula is C15H21N3O4S. The molecule has 7 nitrogen and oxygen atoms in total. The number of nitrogens with one attached hydrogen (secondary N) is 1. The molecule has 3 rings (SSSR count). The van der Waals surface area contributed by atoms with E-state index < -0.39 is 11.0 Å². The molecule has 0 unspecified atom stereocenters. The van der Waals surface area contributed by atoms with Crippen molar-refractivity contribution in [3.05, 3.63) is 21.6 Å². The smallest absolute Gasteiger partial charge is 0.410 e. The molecule has 1 aromatic rings. The number of fused-ring (bicyclic) bond motifs is 2. The summed E-state index contributed by atoms with van der Waals surface area (Å²) in [4.78, 5) is 33.8. The van der Waals surface area contributed by atoms with Crippen molar-refractivity contribution in [2.45, 2.75) is 43.5 Å². The Kier molecular flexibility index (Phi) is 3.92. The van der Waals surface area contributed by atoms with E-state index in [0.717, 1.165) is 0 Å². The molecule has 1 spiro atoms. The fraction of sp³-hybridized carbons (Fsp3) is 0.667. The summed E-state index contributed by atoms with van der Waals surface area (Å²) in [7, 11) is 0. The van der Waals surface area contributed by atoms with Gasteiger partial charge in [0.25, 0.3) is 5.56 Å². The summed E-state index contributed by atoms with van der Waals surface area (Å²) >= 11 is 1.37. The maximum Gasteiger partial charge on any atom is 0.410 e. The van der Waals surface area contributed by atoms with Crippen LogP contribution >= 0.6 is 11.8 Å². The predicted octanol–water partition coefficient (Wildman–Crippen LogP) is 1.51. The van der Waals surface area contributed by atoms with Gasteiger partial charge in [-0.1, -0.05) is 11.8 Å². The fourth-order valence-electron chi connectivity index (χ4n) is 2.98. The second kappa shape index (κ2) is 5.52.